The molecule has 1 aromatic rings. The van der Waals surface area contributed by atoms with Crippen molar-refractivity contribution in [2.75, 3.05) is 31.7 Å². The van der Waals surface area contributed by atoms with Crippen LogP contribution in [-0.2, 0) is 9.53 Å². The molecule has 0 aromatic carbocycles. The summed E-state index contributed by atoms with van der Waals surface area (Å²) in [6.07, 6.45) is 1.22. The van der Waals surface area contributed by atoms with Crippen LogP contribution in [-0.4, -0.2) is 47.8 Å². The Labute approximate surface area is 114 Å². The smallest absolute Gasteiger partial charge is 0.329 e. The number of carboxylic acid groups (broad SMARTS) is 1. The summed E-state index contributed by atoms with van der Waals surface area (Å²) >= 11 is 0. The molecule has 1 rings (SSSR count). The first-order valence-corrected chi connectivity index (χ1v) is 5.50. The molecule has 0 aliphatic rings. The predicted octanol–water partition coefficient (Wildman–Crippen LogP) is 0.399. The van der Waals surface area contributed by atoms with Crippen molar-refractivity contribution in [1.82, 2.24) is 4.98 Å². The number of methoxy groups -OCH3 is 1. The van der Waals surface area contributed by atoms with Crippen LogP contribution in [0.25, 0.3) is 0 Å². The molecule has 1 aromatic heterocycles. The zero-order chi connectivity index (χ0) is 15.1. The van der Waals surface area contributed by atoms with Crippen LogP contribution >= 0.6 is 0 Å². The summed E-state index contributed by atoms with van der Waals surface area (Å²) in [4.78, 5) is 26.2. The van der Waals surface area contributed by atoms with Gasteiger partial charge in [-0.15, -0.1) is 0 Å². The molecule has 0 unspecified atom stereocenters. The standard InChI is InChI=1S/C11H12N4O5/c1-20-5-4-14(7-9(16)17)11-10(15(18)19)8(6-12)2-3-13-11/h2-3H,4-5,7H2,1H3,(H,16,17). The molecule has 0 atom stereocenters. The van der Waals surface area contributed by atoms with Crippen molar-refractivity contribution in [3.63, 3.8) is 0 Å². The van der Waals surface area contributed by atoms with Crippen LogP contribution in [0.4, 0.5) is 11.5 Å². The van der Waals surface area contributed by atoms with E-state index in [0.29, 0.717) is 0 Å². The lowest BCUT2D eigenvalue weighted by molar-refractivity contribution is -0.384. The maximum Gasteiger partial charge on any atom is 0.329 e. The molecule has 0 aliphatic carbocycles. The van der Waals surface area contributed by atoms with E-state index in [-0.39, 0.29) is 24.5 Å². The lowest BCUT2D eigenvalue weighted by atomic mass is 10.2. The molecular weight excluding hydrogens is 268 g/mol. The van der Waals surface area contributed by atoms with Gasteiger partial charge in [-0.2, -0.15) is 5.26 Å². The van der Waals surface area contributed by atoms with E-state index >= 15 is 0 Å². The van der Waals surface area contributed by atoms with E-state index in [1.165, 1.54) is 24.3 Å². The number of nitriles is 1. The summed E-state index contributed by atoms with van der Waals surface area (Å²) in [7, 11) is 1.42. The first kappa shape index (κ1) is 15.3. The van der Waals surface area contributed by atoms with E-state index in [9.17, 15) is 14.9 Å². The van der Waals surface area contributed by atoms with E-state index in [0.717, 1.165) is 0 Å². The molecular formula is C11H12N4O5. The van der Waals surface area contributed by atoms with Crippen molar-refractivity contribution in [3.05, 3.63) is 27.9 Å². The van der Waals surface area contributed by atoms with Crippen LogP contribution in [0.1, 0.15) is 5.56 Å². The van der Waals surface area contributed by atoms with Gasteiger partial charge < -0.3 is 14.7 Å². The average molecular weight is 280 g/mol. The van der Waals surface area contributed by atoms with E-state index in [2.05, 4.69) is 4.98 Å². The number of nitrogens with zero attached hydrogens (tertiary/aromatic N) is 4. The number of nitro groups is 1. The molecule has 0 saturated carbocycles. The van der Waals surface area contributed by atoms with Crippen molar-refractivity contribution >= 4 is 17.5 Å². The maximum atomic E-state index is 11.1. The molecule has 20 heavy (non-hydrogen) atoms. The minimum atomic E-state index is -1.17. The van der Waals surface area contributed by atoms with Crippen molar-refractivity contribution in [3.8, 4) is 6.07 Å². The van der Waals surface area contributed by atoms with E-state index in [4.69, 9.17) is 15.1 Å². The van der Waals surface area contributed by atoms with Crippen LogP contribution in [0.5, 0.6) is 0 Å². The molecule has 1 heterocycles. The molecule has 0 aliphatic heterocycles. The Morgan fingerprint density at radius 3 is 2.90 bits per heavy atom. The number of rotatable bonds is 7. The third-order valence-corrected chi connectivity index (χ3v) is 2.40. The largest absolute Gasteiger partial charge is 0.480 e. The number of aliphatic carboxylic acids is 1. The van der Waals surface area contributed by atoms with Crippen LogP contribution in [0.15, 0.2) is 12.3 Å². The second-order valence-electron chi connectivity index (χ2n) is 3.71. The number of aromatic nitrogens is 1. The molecule has 9 heteroatoms. The molecule has 0 fully saturated rings. The van der Waals surface area contributed by atoms with Crippen molar-refractivity contribution in [1.29, 1.82) is 5.26 Å². The molecule has 9 nitrogen and oxygen atoms in total. The van der Waals surface area contributed by atoms with Crippen molar-refractivity contribution < 1.29 is 19.6 Å². The molecule has 0 saturated heterocycles. The number of ether oxygens (including phenoxy) is 1. The molecule has 0 bridgehead atoms. The van der Waals surface area contributed by atoms with E-state index < -0.39 is 23.1 Å². The van der Waals surface area contributed by atoms with Gasteiger partial charge >= 0.3 is 11.7 Å². The van der Waals surface area contributed by atoms with Gasteiger partial charge in [0, 0.05) is 19.9 Å². The minimum Gasteiger partial charge on any atom is -0.480 e. The number of hydrogen-bond acceptors (Lipinski definition) is 7. The van der Waals surface area contributed by atoms with Gasteiger partial charge in [-0.05, 0) is 6.07 Å². The summed E-state index contributed by atoms with van der Waals surface area (Å²) in [6.45, 7) is -0.208. The van der Waals surface area contributed by atoms with Crippen LogP contribution < -0.4 is 4.90 Å². The lowest BCUT2D eigenvalue weighted by Gasteiger charge is -2.21. The Morgan fingerprint density at radius 1 is 1.70 bits per heavy atom. The molecule has 0 amide bonds. The van der Waals surface area contributed by atoms with Gasteiger partial charge in [0.1, 0.15) is 18.2 Å². The minimum absolute atomic E-state index is 0.103. The Kier molecular flexibility index (Phi) is 5.37. The Morgan fingerprint density at radius 2 is 2.40 bits per heavy atom. The third-order valence-electron chi connectivity index (χ3n) is 2.40. The van der Waals surface area contributed by atoms with Gasteiger partial charge in [-0.3, -0.25) is 14.9 Å². The highest BCUT2D eigenvalue weighted by Gasteiger charge is 2.26. The van der Waals surface area contributed by atoms with Gasteiger partial charge in [0.15, 0.2) is 0 Å². The second-order valence-corrected chi connectivity index (χ2v) is 3.71. The number of carbonyl (C=O) groups is 1. The Hall–Kier alpha value is -2.73. The quantitative estimate of drug-likeness (QED) is 0.561. The highest BCUT2D eigenvalue weighted by atomic mass is 16.6. The number of carboxylic acids is 1. The van der Waals surface area contributed by atoms with Crippen molar-refractivity contribution in [2.24, 2.45) is 0 Å². The van der Waals surface area contributed by atoms with Gasteiger partial charge in [0.05, 0.1) is 11.5 Å². The lowest BCUT2D eigenvalue weighted by Crippen LogP contribution is -2.34. The fourth-order valence-electron chi connectivity index (χ4n) is 1.57. The SMILES string of the molecule is COCCN(CC(=O)O)c1nccc(C#N)c1[N+](=O)[O-]. The molecule has 106 valence electrons. The summed E-state index contributed by atoms with van der Waals surface area (Å²) in [6, 6.07) is 2.90. The van der Waals surface area contributed by atoms with Crippen LogP contribution in [0, 0.1) is 21.4 Å². The summed E-state index contributed by atoms with van der Waals surface area (Å²) in [5.41, 5.74) is -0.680. The van der Waals surface area contributed by atoms with E-state index in [1.807, 2.05) is 0 Å². The summed E-state index contributed by atoms with van der Waals surface area (Å²) in [5, 5.41) is 28.8. The number of hydrogen-bond donors (Lipinski definition) is 1. The van der Waals surface area contributed by atoms with E-state index in [1.54, 1.807) is 6.07 Å². The van der Waals surface area contributed by atoms with Crippen LogP contribution in [0.2, 0.25) is 0 Å². The van der Waals surface area contributed by atoms with Gasteiger partial charge in [0.2, 0.25) is 5.82 Å². The summed E-state index contributed by atoms with van der Waals surface area (Å²) in [5.74, 6) is -1.33. The second kappa shape index (κ2) is 7.01. The van der Waals surface area contributed by atoms with Gasteiger partial charge in [0.25, 0.3) is 0 Å². The zero-order valence-corrected chi connectivity index (χ0v) is 10.6. The summed E-state index contributed by atoms with van der Waals surface area (Å²) < 4.78 is 4.84. The highest BCUT2D eigenvalue weighted by Crippen LogP contribution is 2.28. The third kappa shape index (κ3) is 3.63. The topological polar surface area (TPSA) is 130 Å². The Balaban J connectivity index is 3.28. The highest BCUT2D eigenvalue weighted by molar-refractivity contribution is 5.76. The monoisotopic (exact) mass is 280 g/mol. The average Bonchev–Trinajstić information content (AvgIpc) is 2.41. The maximum absolute atomic E-state index is 11.1. The zero-order valence-electron chi connectivity index (χ0n) is 10.6. The molecule has 1 N–H and O–H groups in total. The fourth-order valence-corrected chi connectivity index (χ4v) is 1.57. The number of pyridine rings is 1. The Bertz CT molecular complexity index is 554. The van der Waals surface area contributed by atoms with Crippen LogP contribution in [0.3, 0.4) is 0 Å². The molecule has 0 radical (unpaired) electrons. The van der Waals surface area contributed by atoms with Crippen molar-refractivity contribution in [2.45, 2.75) is 0 Å². The molecule has 0 spiro atoms. The predicted molar refractivity (Wildman–Crippen MR) is 67.3 cm³/mol. The first-order chi connectivity index (χ1) is 9.51. The fraction of sp³-hybridized carbons (Fsp3) is 0.364. The van der Waals surface area contributed by atoms with Gasteiger partial charge in [-0.25, -0.2) is 4.98 Å². The normalized spacial score (nSPS) is 9.80. The van der Waals surface area contributed by atoms with Gasteiger partial charge in [-0.1, -0.05) is 0 Å². The number of anilines is 1. The first-order valence-electron chi connectivity index (χ1n) is 5.50.